The summed E-state index contributed by atoms with van der Waals surface area (Å²) in [4.78, 5) is 20.1. The summed E-state index contributed by atoms with van der Waals surface area (Å²) in [6, 6.07) is 13.8. The maximum absolute atomic E-state index is 11.5. The van der Waals surface area contributed by atoms with E-state index in [1.165, 1.54) is 0 Å². The number of benzene rings is 2. The number of rotatable bonds is 8. The Kier molecular flexibility index (Phi) is 7.28. The molecule has 0 bridgehead atoms. The maximum atomic E-state index is 11.5. The number of ether oxygens (including phenoxy) is 2. The second-order valence-corrected chi connectivity index (χ2v) is 7.22. The van der Waals surface area contributed by atoms with Crippen LogP contribution < -0.4 is 21.5 Å². The lowest BCUT2D eigenvalue weighted by molar-refractivity contribution is -0.146. The lowest BCUT2D eigenvalue weighted by Crippen LogP contribution is -2.28. The van der Waals surface area contributed by atoms with Crippen molar-refractivity contribution in [2.24, 2.45) is 5.73 Å². The lowest BCUT2D eigenvalue weighted by atomic mass is 10.1. The molecule has 31 heavy (non-hydrogen) atoms. The second-order valence-electron chi connectivity index (χ2n) is 6.79. The minimum atomic E-state index is -0.652. The van der Waals surface area contributed by atoms with Crippen molar-refractivity contribution in [3.8, 4) is 17.0 Å². The van der Waals surface area contributed by atoms with E-state index in [-0.39, 0.29) is 12.6 Å². The fraction of sp³-hybridized carbons (Fsp3) is 0.227. The normalized spacial score (nSPS) is 11.6. The number of nitrogens with zero attached hydrogens (tertiary/aromatic N) is 2. The Hall–Kier alpha value is -3.36. The molecule has 2 aromatic carbocycles. The van der Waals surface area contributed by atoms with Crippen molar-refractivity contribution in [2.45, 2.75) is 26.5 Å². The topological polar surface area (TPSA) is 125 Å². The van der Waals surface area contributed by atoms with Gasteiger partial charge in [-0.3, -0.25) is 4.79 Å². The van der Waals surface area contributed by atoms with E-state index in [1.807, 2.05) is 31.2 Å². The van der Waals surface area contributed by atoms with Gasteiger partial charge in [0.2, 0.25) is 5.95 Å². The smallest absolute Gasteiger partial charge is 0.322 e. The van der Waals surface area contributed by atoms with Gasteiger partial charge < -0.3 is 26.3 Å². The summed E-state index contributed by atoms with van der Waals surface area (Å²) >= 11 is 6.17. The third-order valence-corrected chi connectivity index (χ3v) is 4.48. The molecular weight excluding hydrogens is 418 g/mol. The number of hydrogen-bond acceptors (Lipinski definition) is 8. The van der Waals surface area contributed by atoms with E-state index in [4.69, 9.17) is 32.5 Å². The minimum absolute atomic E-state index is 0.113. The Morgan fingerprint density at radius 3 is 2.58 bits per heavy atom. The summed E-state index contributed by atoms with van der Waals surface area (Å²) in [5, 5.41) is 3.76. The first-order chi connectivity index (χ1) is 14.9. The molecule has 0 saturated carbocycles. The van der Waals surface area contributed by atoms with Crippen LogP contribution in [-0.4, -0.2) is 28.6 Å². The molecule has 0 fully saturated rings. The zero-order valence-electron chi connectivity index (χ0n) is 17.3. The van der Waals surface area contributed by atoms with Crippen LogP contribution >= 0.6 is 11.6 Å². The van der Waals surface area contributed by atoms with Gasteiger partial charge in [0.15, 0.2) is 0 Å². The Labute approximate surface area is 185 Å². The van der Waals surface area contributed by atoms with Crippen LogP contribution in [0.15, 0.2) is 48.5 Å². The van der Waals surface area contributed by atoms with Crippen LogP contribution in [0.4, 0.5) is 17.5 Å². The van der Waals surface area contributed by atoms with Crippen molar-refractivity contribution in [3.05, 3.63) is 59.1 Å². The monoisotopic (exact) mass is 441 g/mol. The third-order valence-electron chi connectivity index (χ3n) is 4.24. The number of halogens is 1. The molecule has 0 amide bonds. The summed E-state index contributed by atoms with van der Waals surface area (Å²) in [5.41, 5.74) is 14.3. The van der Waals surface area contributed by atoms with Crippen molar-refractivity contribution >= 4 is 35.0 Å². The molecule has 5 N–H and O–H groups in total. The molecule has 0 aliphatic carbocycles. The lowest BCUT2D eigenvalue weighted by Gasteiger charge is -2.13. The average Bonchev–Trinajstić information content (AvgIpc) is 2.74. The molecule has 0 aliphatic rings. The van der Waals surface area contributed by atoms with E-state index in [2.05, 4.69) is 15.3 Å². The largest absolute Gasteiger partial charge is 0.493 e. The first kappa shape index (κ1) is 22.3. The molecule has 3 aromatic rings. The fourth-order valence-electron chi connectivity index (χ4n) is 2.77. The predicted octanol–water partition coefficient (Wildman–Crippen LogP) is 3.91. The number of nitrogen functional groups attached to an aromatic ring is 1. The highest BCUT2D eigenvalue weighted by Gasteiger charge is 2.12. The Bertz CT molecular complexity index is 1060. The number of carbonyl (C=O) groups excluding carboxylic acids is 1. The van der Waals surface area contributed by atoms with E-state index < -0.39 is 12.0 Å². The maximum Gasteiger partial charge on any atom is 0.322 e. The standard InChI is InChI=1S/C22H24ClN5O3/c1-3-30-19-9-6-15(23)10-17(19)18-11-20(28-22(25)27-18)26-16-7-4-14(5-8-16)12-31-21(29)13(2)24/h4-11,13H,3,12,24H2,1-2H3,(H3,25,26,27,28). The first-order valence-electron chi connectivity index (χ1n) is 9.71. The van der Waals surface area contributed by atoms with E-state index in [0.29, 0.717) is 28.9 Å². The molecule has 1 aromatic heterocycles. The van der Waals surface area contributed by atoms with Gasteiger partial charge in [-0.25, -0.2) is 4.98 Å². The van der Waals surface area contributed by atoms with Crippen LogP contribution in [0, 0.1) is 0 Å². The van der Waals surface area contributed by atoms with Crippen LogP contribution in [0.5, 0.6) is 5.75 Å². The number of nitrogens with two attached hydrogens (primary N) is 2. The van der Waals surface area contributed by atoms with Gasteiger partial charge in [-0.1, -0.05) is 23.7 Å². The molecule has 3 rings (SSSR count). The van der Waals surface area contributed by atoms with E-state index in [9.17, 15) is 4.79 Å². The van der Waals surface area contributed by atoms with Gasteiger partial charge in [0.25, 0.3) is 0 Å². The molecular formula is C22H24ClN5O3. The van der Waals surface area contributed by atoms with Crippen LogP contribution in [0.25, 0.3) is 11.3 Å². The quantitative estimate of drug-likeness (QED) is 0.449. The fourth-order valence-corrected chi connectivity index (χ4v) is 2.94. The number of nitrogens with one attached hydrogen (secondary N) is 1. The zero-order chi connectivity index (χ0) is 22.4. The summed E-state index contributed by atoms with van der Waals surface area (Å²) in [5.74, 6) is 0.836. The molecule has 0 saturated heterocycles. The number of aromatic nitrogens is 2. The molecule has 1 atom stereocenters. The predicted molar refractivity (Wildman–Crippen MR) is 121 cm³/mol. The Balaban J connectivity index is 1.79. The van der Waals surface area contributed by atoms with Gasteiger partial charge in [0.05, 0.1) is 12.3 Å². The highest BCUT2D eigenvalue weighted by molar-refractivity contribution is 6.31. The SMILES string of the molecule is CCOc1ccc(Cl)cc1-c1cc(Nc2ccc(COC(=O)C(C)N)cc2)nc(N)n1. The molecule has 162 valence electrons. The minimum Gasteiger partial charge on any atom is -0.493 e. The van der Waals surface area contributed by atoms with Gasteiger partial charge in [-0.15, -0.1) is 0 Å². The number of hydrogen-bond donors (Lipinski definition) is 3. The first-order valence-corrected chi connectivity index (χ1v) is 10.1. The summed E-state index contributed by atoms with van der Waals surface area (Å²) in [6.07, 6.45) is 0. The number of anilines is 3. The van der Waals surface area contributed by atoms with Crippen molar-refractivity contribution in [3.63, 3.8) is 0 Å². The number of carbonyl (C=O) groups is 1. The summed E-state index contributed by atoms with van der Waals surface area (Å²) in [7, 11) is 0. The van der Waals surface area contributed by atoms with Gasteiger partial charge >= 0.3 is 5.97 Å². The Morgan fingerprint density at radius 2 is 1.90 bits per heavy atom. The third kappa shape index (κ3) is 6.07. The van der Waals surface area contributed by atoms with Crippen LogP contribution in [0.1, 0.15) is 19.4 Å². The van der Waals surface area contributed by atoms with Gasteiger partial charge in [0.1, 0.15) is 24.2 Å². The summed E-state index contributed by atoms with van der Waals surface area (Å²) in [6.45, 7) is 4.14. The van der Waals surface area contributed by atoms with E-state index in [0.717, 1.165) is 16.8 Å². The van der Waals surface area contributed by atoms with Crippen molar-refractivity contribution in [1.82, 2.24) is 9.97 Å². The van der Waals surface area contributed by atoms with Gasteiger partial charge in [-0.2, -0.15) is 4.98 Å². The van der Waals surface area contributed by atoms with Crippen LogP contribution in [0.3, 0.4) is 0 Å². The van der Waals surface area contributed by atoms with Gasteiger partial charge in [-0.05, 0) is 49.7 Å². The highest BCUT2D eigenvalue weighted by Crippen LogP contribution is 2.33. The zero-order valence-corrected chi connectivity index (χ0v) is 18.0. The van der Waals surface area contributed by atoms with E-state index in [1.54, 1.807) is 31.2 Å². The van der Waals surface area contributed by atoms with Crippen molar-refractivity contribution in [2.75, 3.05) is 17.7 Å². The molecule has 8 nitrogen and oxygen atoms in total. The van der Waals surface area contributed by atoms with Crippen molar-refractivity contribution in [1.29, 1.82) is 0 Å². The average molecular weight is 442 g/mol. The summed E-state index contributed by atoms with van der Waals surface area (Å²) < 4.78 is 10.8. The molecule has 0 spiro atoms. The van der Waals surface area contributed by atoms with Crippen LogP contribution in [-0.2, 0) is 16.1 Å². The Morgan fingerprint density at radius 1 is 1.16 bits per heavy atom. The molecule has 9 heteroatoms. The number of esters is 1. The van der Waals surface area contributed by atoms with E-state index >= 15 is 0 Å². The molecule has 1 unspecified atom stereocenters. The highest BCUT2D eigenvalue weighted by atomic mass is 35.5. The van der Waals surface area contributed by atoms with Crippen LogP contribution in [0.2, 0.25) is 5.02 Å². The van der Waals surface area contributed by atoms with Crippen molar-refractivity contribution < 1.29 is 14.3 Å². The second kappa shape index (κ2) is 10.1. The molecule has 1 heterocycles. The molecule has 0 radical (unpaired) electrons. The molecule has 0 aliphatic heterocycles. The van der Waals surface area contributed by atoms with Gasteiger partial charge in [0, 0.05) is 22.3 Å².